The third kappa shape index (κ3) is 4.28. The molecule has 0 aliphatic heterocycles. The van der Waals surface area contributed by atoms with Crippen LogP contribution < -0.4 is 5.73 Å². The molecule has 0 radical (unpaired) electrons. The van der Waals surface area contributed by atoms with Crippen molar-refractivity contribution < 1.29 is 9.31 Å². The van der Waals surface area contributed by atoms with Crippen molar-refractivity contribution in [2.45, 2.75) is 26.3 Å². The largest absolute Gasteiger partial charge is 0.324 e. The molecule has 1 rings (SSSR count). The minimum absolute atomic E-state index is 0. The molecule has 0 fully saturated rings. The van der Waals surface area contributed by atoms with Crippen LogP contribution in [0.15, 0.2) is 18.2 Å². The molecule has 17 heavy (non-hydrogen) atoms. The molecule has 96 valence electrons. The number of nitrogens with two attached hydrogens (primary N) is 1. The van der Waals surface area contributed by atoms with Crippen LogP contribution in [-0.2, 0) is 0 Å². The van der Waals surface area contributed by atoms with Crippen molar-refractivity contribution in [3.8, 4) is 0 Å². The predicted molar refractivity (Wildman–Crippen MR) is 66.7 cm³/mol. The van der Waals surface area contributed by atoms with Crippen molar-refractivity contribution in [3.63, 3.8) is 0 Å². The Labute approximate surface area is 106 Å². The van der Waals surface area contributed by atoms with Gasteiger partial charge in [0.05, 0.1) is 4.92 Å². The fourth-order valence-corrected chi connectivity index (χ4v) is 1.62. The number of hydrogen-bond acceptors (Lipinski definition) is 3. The summed E-state index contributed by atoms with van der Waals surface area (Å²) in [5, 5.41) is 10.8. The summed E-state index contributed by atoms with van der Waals surface area (Å²) in [6.07, 6.45) is 0.588. The van der Waals surface area contributed by atoms with E-state index in [1.165, 1.54) is 0 Å². The van der Waals surface area contributed by atoms with Gasteiger partial charge in [0.1, 0.15) is 5.82 Å². The van der Waals surface area contributed by atoms with Crippen LogP contribution in [0.4, 0.5) is 10.1 Å². The van der Waals surface area contributed by atoms with E-state index in [2.05, 4.69) is 0 Å². The molecular weight excluding hydrogens is 247 g/mol. The van der Waals surface area contributed by atoms with Crippen molar-refractivity contribution in [1.29, 1.82) is 0 Å². The van der Waals surface area contributed by atoms with E-state index in [4.69, 9.17) is 5.73 Å². The molecule has 0 amide bonds. The molecular formula is C11H16ClFN2O2. The number of nitro groups is 1. The average molecular weight is 263 g/mol. The molecule has 0 aliphatic carbocycles. The fraction of sp³-hybridized carbons (Fsp3) is 0.455. The van der Waals surface area contributed by atoms with Crippen LogP contribution in [0.3, 0.4) is 0 Å². The Balaban J connectivity index is 0.00000256. The van der Waals surface area contributed by atoms with Gasteiger partial charge in [-0.1, -0.05) is 13.8 Å². The summed E-state index contributed by atoms with van der Waals surface area (Å²) in [6, 6.07) is 2.87. The van der Waals surface area contributed by atoms with E-state index in [0.717, 1.165) is 18.2 Å². The lowest BCUT2D eigenvalue weighted by Crippen LogP contribution is -2.15. The normalized spacial score (nSPS) is 12.1. The lowest BCUT2D eigenvalue weighted by atomic mass is 9.96. The quantitative estimate of drug-likeness (QED) is 0.669. The Morgan fingerprint density at radius 1 is 1.47 bits per heavy atom. The van der Waals surface area contributed by atoms with Crippen molar-refractivity contribution in [1.82, 2.24) is 0 Å². The summed E-state index contributed by atoms with van der Waals surface area (Å²) in [6.45, 7) is 3.93. The predicted octanol–water partition coefficient (Wildman–Crippen LogP) is 3.20. The van der Waals surface area contributed by atoms with Gasteiger partial charge in [0.25, 0.3) is 5.69 Å². The van der Waals surface area contributed by atoms with Crippen LogP contribution in [0.2, 0.25) is 0 Å². The van der Waals surface area contributed by atoms with Gasteiger partial charge < -0.3 is 5.73 Å². The maximum Gasteiger partial charge on any atom is 0.274 e. The summed E-state index contributed by atoms with van der Waals surface area (Å²) >= 11 is 0. The van der Waals surface area contributed by atoms with Crippen molar-refractivity contribution in [2.75, 3.05) is 0 Å². The van der Waals surface area contributed by atoms with E-state index < -0.39 is 16.8 Å². The van der Waals surface area contributed by atoms with E-state index in [1.807, 2.05) is 13.8 Å². The van der Waals surface area contributed by atoms with Gasteiger partial charge in [0.15, 0.2) is 0 Å². The molecule has 0 saturated carbocycles. The van der Waals surface area contributed by atoms with Gasteiger partial charge in [0, 0.05) is 17.7 Å². The smallest absolute Gasteiger partial charge is 0.274 e. The Morgan fingerprint density at radius 3 is 2.53 bits per heavy atom. The van der Waals surface area contributed by atoms with E-state index in [-0.39, 0.29) is 23.7 Å². The van der Waals surface area contributed by atoms with E-state index in [1.54, 1.807) is 0 Å². The van der Waals surface area contributed by atoms with E-state index in [0.29, 0.717) is 12.3 Å². The molecule has 0 unspecified atom stereocenters. The molecule has 0 aromatic heterocycles. The SMILES string of the molecule is CC(C)C[C@H](N)c1cc(F)ccc1[N+](=O)[O-].Cl. The number of nitrogens with zero attached hydrogens (tertiary/aromatic N) is 1. The molecule has 1 aromatic rings. The number of nitro benzene ring substituents is 1. The molecule has 0 bridgehead atoms. The minimum atomic E-state index is -0.533. The number of hydrogen-bond donors (Lipinski definition) is 1. The number of rotatable bonds is 4. The molecule has 0 spiro atoms. The van der Waals surface area contributed by atoms with Gasteiger partial charge in [-0.15, -0.1) is 12.4 Å². The first-order valence-corrected chi connectivity index (χ1v) is 5.11. The minimum Gasteiger partial charge on any atom is -0.324 e. The lowest BCUT2D eigenvalue weighted by molar-refractivity contribution is -0.385. The summed E-state index contributed by atoms with van der Waals surface area (Å²) in [5.74, 6) is -0.197. The molecule has 1 atom stereocenters. The Morgan fingerprint density at radius 2 is 2.06 bits per heavy atom. The van der Waals surface area contributed by atoms with Gasteiger partial charge in [-0.3, -0.25) is 10.1 Å². The zero-order chi connectivity index (χ0) is 12.3. The first-order chi connectivity index (χ1) is 7.41. The molecule has 0 saturated heterocycles. The summed E-state index contributed by atoms with van der Waals surface area (Å²) in [5.41, 5.74) is 5.98. The maximum atomic E-state index is 13.0. The monoisotopic (exact) mass is 262 g/mol. The first-order valence-electron chi connectivity index (χ1n) is 5.11. The van der Waals surface area contributed by atoms with Crippen LogP contribution in [0.5, 0.6) is 0 Å². The van der Waals surface area contributed by atoms with Crippen molar-refractivity contribution in [2.24, 2.45) is 11.7 Å². The van der Waals surface area contributed by atoms with Crippen molar-refractivity contribution >= 4 is 18.1 Å². The summed E-state index contributed by atoms with van der Waals surface area (Å²) in [4.78, 5) is 10.2. The van der Waals surface area contributed by atoms with Gasteiger partial charge >= 0.3 is 0 Å². The highest BCUT2D eigenvalue weighted by atomic mass is 35.5. The van der Waals surface area contributed by atoms with Crippen LogP contribution in [-0.4, -0.2) is 4.92 Å². The van der Waals surface area contributed by atoms with Crippen LogP contribution >= 0.6 is 12.4 Å². The highest BCUT2D eigenvalue weighted by molar-refractivity contribution is 5.85. The zero-order valence-corrected chi connectivity index (χ0v) is 10.5. The fourth-order valence-electron chi connectivity index (χ4n) is 1.62. The number of benzene rings is 1. The third-order valence-electron chi connectivity index (χ3n) is 2.31. The second-order valence-corrected chi connectivity index (χ2v) is 4.20. The summed E-state index contributed by atoms with van der Waals surface area (Å²) in [7, 11) is 0. The molecule has 0 aliphatic rings. The molecule has 6 heteroatoms. The molecule has 4 nitrogen and oxygen atoms in total. The standard InChI is InChI=1S/C11H15FN2O2.ClH/c1-7(2)5-10(13)9-6-8(12)3-4-11(9)14(15)16;/h3-4,6-7,10H,5,13H2,1-2H3;1H/t10-;/m0./s1. The van der Waals surface area contributed by atoms with Crippen LogP contribution in [0.1, 0.15) is 31.9 Å². The summed E-state index contributed by atoms with van der Waals surface area (Å²) < 4.78 is 13.0. The van der Waals surface area contributed by atoms with E-state index in [9.17, 15) is 14.5 Å². The number of halogens is 2. The van der Waals surface area contributed by atoms with Crippen LogP contribution in [0.25, 0.3) is 0 Å². The first kappa shape index (κ1) is 15.8. The van der Waals surface area contributed by atoms with Gasteiger partial charge in [-0.25, -0.2) is 4.39 Å². The zero-order valence-electron chi connectivity index (χ0n) is 9.72. The second kappa shape index (κ2) is 6.51. The van der Waals surface area contributed by atoms with E-state index >= 15 is 0 Å². The molecule has 2 N–H and O–H groups in total. The lowest BCUT2D eigenvalue weighted by Gasteiger charge is -2.14. The Bertz CT molecular complexity index is 399. The second-order valence-electron chi connectivity index (χ2n) is 4.20. The highest BCUT2D eigenvalue weighted by Gasteiger charge is 2.20. The average Bonchev–Trinajstić information content (AvgIpc) is 2.15. The van der Waals surface area contributed by atoms with Crippen LogP contribution in [0, 0.1) is 21.8 Å². The molecule has 1 aromatic carbocycles. The Kier molecular flexibility index (Phi) is 6.05. The van der Waals surface area contributed by atoms with Gasteiger partial charge in [-0.05, 0) is 24.5 Å². The molecule has 0 heterocycles. The van der Waals surface area contributed by atoms with Crippen molar-refractivity contribution in [3.05, 3.63) is 39.7 Å². The maximum absolute atomic E-state index is 13.0. The third-order valence-corrected chi connectivity index (χ3v) is 2.31. The topological polar surface area (TPSA) is 69.2 Å². The highest BCUT2D eigenvalue weighted by Crippen LogP contribution is 2.28. The Hall–Kier alpha value is -1.20. The van der Waals surface area contributed by atoms with Gasteiger partial charge in [0.2, 0.25) is 0 Å². The van der Waals surface area contributed by atoms with Gasteiger partial charge in [-0.2, -0.15) is 0 Å².